The number of aliphatic carboxylic acids is 1. The average Bonchev–Trinajstić information content (AvgIpc) is 2.76. The third-order valence-corrected chi connectivity index (χ3v) is 2.77. The van der Waals surface area contributed by atoms with Gasteiger partial charge in [0.1, 0.15) is 12.6 Å². The number of hydrogen-bond acceptors (Lipinski definition) is 3. The van der Waals surface area contributed by atoms with E-state index in [1.807, 2.05) is 0 Å². The Morgan fingerprint density at radius 3 is 2.65 bits per heavy atom. The maximum atomic E-state index is 11.9. The molecule has 3 amide bonds. The quantitative estimate of drug-likeness (QED) is 0.688. The lowest BCUT2D eigenvalue weighted by Crippen LogP contribution is -2.48. The Balaban J connectivity index is 2.62. The van der Waals surface area contributed by atoms with Gasteiger partial charge in [0.2, 0.25) is 5.91 Å². The number of carboxylic acid groups (broad SMARTS) is 1. The van der Waals surface area contributed by atoms with Crippen LogP contribution >= 0.6 is 0 Å². The van der Waals surface area contributed by atoms with Crippen molar-refractivity contribution < 1.29 is 19.5 Å². The van der Waals surface area contributed by atoms with E-state index in [9.17, 15) is 14.4 Å². The lowest BCUT2D eigenvalue weighted by atomic mass is 10.2. The number of nitrogens with zero attached hydrogens (tertiary/aromatic N) is 2. The molecule has 96 valence electrons. The summed E-state index contributed by atoms with van der Waals surface area (Å²) in [6.45, 7) is 0.353. The smallest absolute Gasteiger partial charge is 0.326 e. The van der Waals surface area contributed by atoms with Gasteiger partial charge in [-0.2, -0.15) is 0 Å². The topological polar surface area (TPSA) is 90.0 Å². The van der Waals surface area contributed by atoms with Gasteiger partial charge in [0.05, 0.1) is 0 Å². The van der Waals surface area contributed by atoms with Crippen LogP contribution in [0, 0.1) is 0 Å². The third kappa shape index (κ3) is 3.08. The maximum absolute atomic E-state index is 11.9. The molecule has 1 heterocycles. The summed E-state index contributed by atoms with van der Waals surface area (Å²) in [5.41, 5.74) is 0. The molecule has 0 bridgehead atoms. The SMILES string of the molecule is CNC(=O)CN(C)C(=O)N1CCC[C@@H]1C(=O)O. The Kier molecular flexibility index (Phi) is 4.30. The summed E-state index contributed by atoms with van der Waals surface area (Å²) in [6, 6.07) is -1.19. The van der Waals surface area contributed by atoms with Crippen molar-refractivity contribution in [3.63, 3.8) is 0 Å². The first kappa shape index (κ1) is 13.3. The highest BCUT2D eigenvalue weighted by Gasteiger charge is 2.35. The molecule has 0 radical (unpaired) electrons. The largest absolute Gasteiger partial charge is 0.480 e. The summed E-state index contributed by atoms with van der Waals surface area (Å²) < 4.78 is 0. The fraction of sp³-hybridized carbons (Fsp3) is 0.700. The van der Waals surface area contributed by atoms with Crippen LogP contribution in [-0.4, -0.2) is 66.0 Å². The Labute approximate surface area is 99.4 Å². The number of carbonyl (C=O) groups excluding carboxylic acids is 2. The van der Waals surface area contributed by atoms with Gasteiger partial charge in [-0.1, -0.05) is 0 Å². The summed E-state index contributed by atoms with van der Waals surface area (Å²) in [5, 5.41) is 11.4. The van der Waals surface area contributed by atoms with E-state index in [1.165, 1.54) is 23.9 Å². The van der Waals surface area contributed by atoms with Crippen molar-refractivity contribution >= 4 is 17.9 Å². The van der Waals surface area contributed by atoms with Crippen LogP contribution in [0.15, 0.2) is 0 Å². The summed E-state index contributed by atoms with van der Waals surface area (Å²) in [7, 11) is 2.96. The molecule has 1 atom stereocenters. The Morgan fingerprint density at radius 1 is 1.47 bits per heavy atom. The standard InChI is InChI=1S/C10H17N3O4/c1-11-8(14)6-12(2)10(17)13-5-3-4-7(13)9(15)16/h7H,3-6H2,1-2H3,(H,11,14)(H,15,16)/t7-/m1/s1. The van der Waals surface area contributed by atoms with E-state index in [1.54, 1.807) is 0 Å². The van der Waals surface area contributed by atoms with Crippen LogP contribution in [0.5, 0.6) is 0 Å². The molecule has 0 unspecified atom stereocenters. The van der Waals surface area contributed by atoms with Crippen molar-refractivity contribution in [1.82, 2.24) is 15.1 Å². The average molecular weight is 243 g/mol. The Morgan fingerprint density at radius 2 is 2.12 bits per heavy atom. The molecular formula is C10H17N3O4. The molecule has 0 aromatic heterocycles. The predicted molar refractivity (Wildman–Crippen MR) is 59.5 cm³/mol. The van der Waals surface area contributed by atoms with Crippen LogP contribution < -0.4 is 5.32 Å². The number of hydrogen-bond donors (Lipinski definition) is 2. The first-order valence-corrected chi connectivity index (χ1v) is 5.42. The van der Waals surface area contributed by atoms with Crippen LogP contribution in [0.1, 0.15) is 12.8 Å². The van der Waals surface area contributed by atoms with E-state index < -0.39 is 18.0 Å². The van der Waals surface area contributed by atoms with Crippen LogP contribution in [0.2, 0.25) is 0 Å². The normalized spacial score (nSPS) is 18.9. The fourth-order valence-electron chi connectivity index (χ4n) is 1.83. The van der Waals surface area contributed by atoms with Gasteiger partial charge in [0.15, 0.2) is 0 Å². The van der Waals surface area contributed by atoms with Crippen molar-refractivity contribution in [2.24, 2.45) is 0 Å². The minimum absolute atomic E-state index is 0.0713. The molecule has 1 rings (SSSR count). The molecule has 7 nitrogen and oxygen atoms in total. The number of likely N-dealkylation sites (tertiary alicyclic amines) is 1. The van der Waals surface area contributed by atoms with Gasteiger partial charge in [0.25, 0.3) is 0 Å². The number of rotatable bonds is 3. The summed E-state index contributed by atoms with van der Waals surface area (Å²) in [6.07, 6.45) is 1.14. The molecular weight excluding hydrogens is 226 g/mol. The first-order valence-electron chi connectivity index (χ1n) is 5.42. The summed E-state index contributed by atoms with van der Waals surface area (Å²) in [5.74, 6) is -1.28. The van der Waals surface area contributed by atoms with Crippen molar-refractivity contribution in [3.8, 4) is 0 Å². The monoisotopic (exact) mass is 243 g/mol. The lowest BCUT2D eigenvalue weighted by Gasteiger charge is -2.27. The highest BCUT2D eigenvalue weighted by Crippen LogP contribution is 2.18. The van der Waals surface area contributed by atoms with Crippen LogP contribution in [0.25, 0.3) is 0 Å². The van der Waals surface area contributed by atoms with Crippen LogP contribution in [-0.2, 0) is 9.59 Å². The number of likely N-dealkylation sites (N-methyl/N-ethyl adjacent to an activating group) is 2. The molecule has 0 aromatic carbocycles. The van der Waals surface area contributed by atoms with Gasteiger partial charge in [-0.05, 0) is 12.8 Å². The molecule has 7 heteroatoms. The molecule has 0 aromatic rings. The molecule has 1 fully saturated rings. The van der Waals surface area contributed by atoms with E-state index in [0.717, 1.165) is 0 Å². The highest BCUT2D eigenvalue weighted by molar-refractivity contribution is 5.86. The van der Waals surface area contributed by atoms with E-state index >= 15 is 0 Å². The van der Waals surface area contributed by atoms with E-state index in [0.29, 0.717) is 19.4 Å². The summed E-state index contributed by atoms with van der Waals surface area (Å²) in [4.78, 5) is 36.5. The van der Waals surface area contributed by atoms with Gasteiger partial charge in [-0.3, -0.25) is 4.79 Å². The number of nitrogens with one attached hydrogen (secondary N) is 1. The zero-order valence-corrected chi connectivity index (χ0v) is 9.97. The zero-order valence-electron chi connectivity index (χ0n) is 9.97. The number of carboxylic acids is 1. The highest BCUT2D eigenvalue weighted by atomic mass is 16.4. The molecule has 1 saturated heterocycles. The van der Waals surface area contributed by atoms with E-state index in [4.69, 9.17) is 5.11 Å². The number of carbonyl (C=O) groups is 3. The van der Waals surface area contributed by atoms with Gasteiger partial charge in [0, 0.05) is 20.6 Å². The fourth-order valence-corrected chi connectivity index (χ4v) is 1.83. The minimum Gasteiger partial charge on any atom is -0.480 e. The minimum atomic E-state index is -0.996. The van der Waals surface area contributed by atoms with Gasteiger partial charge in [-0.25, -0.2) is 9.59 Å². The van der Waals surface area contributed by atoms with Crippen molar-refractivity contribution in [3.05, 3.63) is 0 Å². The summed E-state index contributed by atoms with van der Waals surface area (Å²) >= 11 is 0. The third-order valence-electron chi connectivity index (χ3n) is 2.77. The maximum Gasteiger partial charge on any atom is 0.326 e. The second kappa shape index (κ2) is 5.51. The van der Waals surface area contributed by atoms with Gasteiger partial charge in [-0.15, -0.1) is 0 Å². The van der Waals surface area contributed by atoms with Gasteiger partial charge < -0.3 is 20.2 Å². The van der Waals surface area contributed by atoms with Gasteiger partial charge >= 0.3 is 12.0 Å². The molecule has 1 aliphatic rings. The van der Waals surface area contributed by atoms with E-state index in [-0.39, 0.29) is 12.5 Å². The predicted octanol–water partition coefficient (Wildman–Crippen LogP) is -0.667. The second-order valence-electron chi connectivity index (χ2n) is 4.00. The van der Waals surface area contributed by atoms with Crippen molar-refractivity contribution in [2.45, 2.75) is 18.9 Å². The molecule has 2 N–H and O–H groups in total. The molecule has 0 spiro atoms. The van der Waals surface area contributed by atoms with Crippen LogP contribution in [0.4, 0.5) is 4.79 Å². The molecule has 17 heavy (non-hydrogen) atoms. The number of urea groups is 1. The second-order valence-corrected chi connectivity index (χ2v) is 4.00. The molecule has 0 aliphatic carbocycles. The van der Waals surface area contributed by atoms with Crippen molar-refractivity contribution in [2.75, 3.05) is 27.2 Å². The Hall–Kier alpha value is -1.79. The lowest BCUT2D eigenvalue weighted by molar-refractivity contribution is -0.141. The molecule has 0 saturated carbocycles. The Bertz CT molecular complexity index is 332. The van der Waals surface area contributed by atoms with E-state index in [2.05, 4.69) is 5.32 Å². The van der Waals surface area contributed by atoms with Crippen LogP contribution in [0.3, 0.4) is 0 Å². The molecule has 1 aliphatic heterocycles. The zero-order chi connectivity index (χ0) is 13.0. The van der Waals surface area contributed by atoms with Crippen molar-refractivity contribution in [1.29, 1.82) is 0 Å². The number of amides is 3. The first-order chi connectivity index (χ1) is 7.97.